The number of esters is 1. The molecule has 1 amide bonds. The maximum atomic E-state index is 12.3. The molecule has 2 aliphatic rings. The van der Waals surface area contributed by atoms with Gasteiger partial charge < -0.3 is 21.1 Å². The summed E-state index contributed by atoms with van der Waals surface area (Å²) in [5, 5.41) is 5.10. The van der Waals surface area contributed by atoms with Gasteiger partial charge in [0.1, 0.15) is 0 Å². The lowest BCUT2D eigenvalue weighted by molar-refractivity contribution is 0.0377. The molecule has 0 radical (unpaired) electrons. The first-order valence-electron chi connectivity index (χ1n) is 8.95. The molecule has 4 N–H and O–H groups in total. The van der Waals surface area contributed by atoms with Crippen LogP contribution in [0, 0.1) is 0 Å². The smallest absolute Gasteiger partial charge is 0.399 e. The van der Waals surface area contributed by atoms with Gasteiger partial charge in [0.25, 0.3) is 0 Å². The second-order valence-electron chi connectivity index (χ2n) is 7.31. The summed E-state index contributed by atoms with van der Waals surface area (Å²) in [6.45, 7) is 0. The predicted molar refractivity (Wildman–Crippen MR) is 96.6 cm³/mol. The van der Waals surface area contributed by atoms with Crippen molar-refractivity contribution in [2.45, 2.75) is 50.2 Å². The van der Waals surface area contributed by atoms with E-state index in [2.05, 4.69) is 21.8 Å². The number of piperidine rings is 2. The van der Waals surface area contributed by atoms with Gasteiger partial charge in [-0.3, -0.25) is 4.68 Å². The van der Waals surface area contributed by atoms with Gasteiger partial charge in [0.2, 0.25) is 0 Å². The topological polar surface area (TPSA) is 116 Å². The molecule has 2 unspecified atom stereocenters. The second-order valence-corrected chi connectivity index (χ2v) is 7.31. The van der Waals surface area contributed by atoms with Crippen molar-refractivity contribution in [3.8, 4) is 0 Å². The summed E-state index contributed by atoms with van der Waals surface area (Å²) in [5.74, 6) is -0.847. The van der Waals surface area contributed by atoms with E-state index in [-0.39, 0.29) is 11.7 Å². The van der Waals surface area contributed by atoms with E-state index in [1.807, 2.05) is 10.7 Å². The van der Waals surface area contributed by atoms with Gasteiger partial charge in [-0.2, -0.15) is 5.10 Å². The van der Waals surface area contributed by atoms with E-state index < -0.39 is 12.1 Å². The molecule has 0 saturated carbocycles. The molecule has 2 bridgehead atoms. The van der Waals surface area contributed by atoms with E-state index in [1.165, 1.54) is 19.3 Å². The minimum atomic E-state index is -1.14. The van der Waals surface area contributed by atoms with Crippen molar-refractivity contribution in [2.75, 3.05) is 12.8 Å². The number of hydrogen-bond donors (Lipinski definition) is 2. The third-order valence-corrected chi connectivity index (χ3v) is 5.78. The molecule has 4 rings (SSSR count). The first-order chi connectivity index (χ1) is 12.4. The van der Waals surface area contributed by atoms with Crippen LogP contribution in [0.15, 0.2) is 18.2 Å². The number of carbonyl (C=O) groups excluding carboxylic acids is 2. The summed E-state index contributed by atoms with van der Waals surface area (Å²) >= 11 is 0. The van der Waals surface area contributed by atoms with E-state index in [4.69, 9.17) is 11.5 Å². The van der Waals surface area contributed by atoms with Crippen LogP contribution < -0.4 is 11.5 Å². The second kappa shape index (κ2) is 6.28. The number of anilines is 1. The quantitative estimate of drug-likeness (QED) is 0.483. The van der Waals surface area contributed by atoms with Crippen LogP contribution in [0.1, 0.15) is 48.6 Å². The van der Waals surface area contributed by atoms with Crippen LogP contribution in [0.4, 0.5) is 10.5 Å². The molecule has 2 fully saturated rings. The largest absolute Gasteiger partial charge is 0.412 e. The summed E-state index contributed by atoms with van der Waals surface area (Å²) in [7, 11) is 2.20. The van der Waals surface area contributed by atoms with Crippen molar-refractivity contribution in [3.63, 3.8) is 0 Å². The van der Waals surface area contributed by atoms with Gasteiger partial charge >= 0.3 is 12.1 Å². The van der Waals surface area contributed by atoms with Crippen LogP contribution >= 0.6 is 0 Å². The van der Waals surface area contributed by atoms with E-state index in [9.17, 15) is 9.59 Å². The first-order valence-corrected chi connectivity index (χ1v) is 8.95. The van der Waals surface area contributed by atoms with Crippen molar-refractivity contribution in [1.29, 1.82) is 0 Å². The summed E-state index contributed by atoms with van der Waals surface area (Å²) in [4.78, 5) is 25.7. The molecule has 1 aromatic heterocycles. The zero-order chi connectivity index (χ0) is 18.4. The van der Waals surface area contributed by atoms with Crippen LogP contribution in [-0.2, 0) is 4.74 Å². The lowest BCUT2D eigenvalue weighted by Crippen LogP contribution is -2.50. The zero-order valence-electron chi connectivity index (χ0n) is 14.7. The highest BCUT2D eigenvalue weighted by Gasteiger charge is 2.38. The Kier molecular flexibility index (Phi) is 4.07. The van der Waals surface area contributed by atoms with Gasteiger partial charge in [-0.15, -0.1) is 0 Å². The van der Waals surface area contributed by atoms with Crippen molar-refractivity contribution in [3.05, 3.63) is 23.9 Å². The van der Waals surface area contributed by atoms with E-state index in [0.717, 1.165) is 18.4 Å². The Labute approximate surface area is 151 Å². The molecule has 2 saturated heterocycles. The Bertz CT molecular complexity index is 863. The molecule has 26 heavy (non-hydrogen) atoms. The van der Waals surface area contributed by atoms with Crippen LogP contribution in [0.25, 0.3) is 10.9 Å². The van der Waals surface area contributed by atoms with Crippen LogP contribution in [-0.4, -0.2) is 45.9 Å². The summed E-state index contributed by atoms with van der Waals surface area (Å²) in [6, 6.07) is 6.60. The number of nitrogen functional groups attached to an aromatic ring is 1. The number of primary amides is 1. The molecule has 2 atom stereocenters. The van der Waals surface area contributed by atoms with Crippen molar-refractivity contribution < 1.29 is 14.3 Å². The summed E-state index contributed by atoms with van der Waals surface area (Å²) in [5.41, 5.74) is 12.3. The van der Waals surface area contributed by atoms with Crippen molar-refractivity contribution in [2.24, 2.45) is 5.73 Å². The number of benzene rings is 1. The first kappa shape index (κ1) is 16.8. The fourth-order valence-corrected chi connectivity index (χ4v) is 4.51. The van der Waals surface area contributed by atoms with Crippen LogP contribution in [0.3, 0.4) is 0 Å². The Hall–Kier alpha value is -2.61. The summed E-state index contributed by atoms with van der Waals surface area (Å²) in [6.07, 6.45) is 4.46. The zero-order valence-corrected chi connectivity index (χ0v) is 14.7. The third-order valence-electron chi connectivity index (χ3n) is 5.78. The number of aromatic nitrogens is 2. The number of ether oxygens (including phenoxy) is 1. The monoisotopic (exact) mass is 357 g/mol. The highest BCUT2D eigenvalue weighted by molar-refractivity contribution is 6.05. The number of carbonyl (C=O) groups is 2. The standard InChI is InChI=1S/C18H23N5O3/c1-22-11-3-2-4-12(22)9-13(8-11)23-15-6-5-10(19)7-14(15)16(21-23)17(24)26-18(20)25/h5-7,11-13H,2-4,8-9,19H2,1H3,(H2,20,25). The van der Waals surface area contributed by atoms with Gasteiger partial charge in [0.15, 0.2) is 5.69 Å². The Balaban J connectivity index is 1.76. The van der Waals surface area contributed by atoms with Crippen LogP contribution in [0.2, 0.25) is 0 Å². The normalized spacial score (nSPS) is 26.0. The van der Waals surface area contributed by atoms with Gasteiger partial charge in [0, 0.05) is 23.2 Å². The fourth-order valence-electron chi connectivity index (χ4n) is 4.51. The Morgan fingerprint density at radius 3 is 2.54 bits per heavy atom. The molecule has 0 aliphatic carbocycles. The van der Waals surface area contributed by atoms with Gasteiger partial charge in [-0.25, -0.2) is 9.59 Å². The summed E-state index contributed by atoms with van der Waals surface area (Å²) < 4.78 is 6.46. The number of nitrogens with two attached hydrogens (primary N) is 2. The van der Waals surface area contributed by atoms with E-state index in [0.29, 0.717) is 23.2 Å². The average molecular weight is 357 g/mol. The lowest BCUT2D eigenvalue weighted by Gasteiger charge is -2.47. The van der Waals surface area contributed by atoms with Crippen molar-refractivity contribution in [1.82, 2.24) is 14.7 Å². The molecule has 0 spiro atoms. The average Bonchev–Trinajstić information content (AvgIpc) is 2.92. The number of rotatable bonds is 2. The van der Waals surface area contributed by atoms with Gasteiger partial charge in [0.05, 0.1) is 11.6 Å². The number of nitrogens with zero attached hydrogens (tertiary/aromatic N) is 3. The molecular weight excluding hydrogens is 334 g/mol. The maximum Gasteiger partial charge on any atom is 0.412 e. The number of amides is 1. The lowest BCUT2D eigenvalue weighted by atomic mass is 9.82. The maximum absolute atomic E-state index is 12.3. The molecule has 2 aromatic rings. The van der Waals surface area contributed by atoms with Crippen LogP contribution in [0.5, 0.6) is 0 Å². The number of hydrogen-bond acceptors (Lipinski definition) is 6. The highest BCUT2D eigenvalue weighted by atomic mass is 16.6. The number of fused-ring (bicyclic) bond motifs is 3. The van der Waals surface area contributed by atoms with E-state index >= 15 is 0 Å². The molecule has 8 heteroatoms. The minimum Gasteiger partial charge on any atom is -0.399 e. The molecule has 1 aromatic carbocycles. The highest BCUT2D eigenvalue weighted by Crippen LogP contribution is 2.39. The SMILES string of the molecule is CN1C2CCCC1CC(n1nc(C(=O)OC(N)=O)c3cc(N)ccc31)C2. The third kappa shape index (κ3) is 2.80. The molecular formula is C18H23N5O3. The molecule has 8 nitrogen and oxygen atoms in total. The Morgan fingerprint density at radius 2 is 1.88 bits per heavy atom. The fraction of sp³-hybridized carbons (Fsp3) is 0.500. The van der Waals surface area contributed by atoms with Crippen molar-refractivity contribution >= 4 is 28.7 Å². The molecule has 3 heterocycles. The predicted octanol–water partition coefficient (Wildman–Crippen LogP) is 2.04. The minimum absolute atomic E-state index is 0.0789. The molecule has 138 valence electrons. The Morgan fingerprint density at radius 1 is 1.19 bits per heavy atom. The van der Waals surface area contributed by atoms with Gasteiger partial charge in [-0.1, -0.05) is 6.42 Å². The van der Waals surface area contributed by atoms with E-state index in [1.54, 1.807) is 12.1 Å². The molecule has 2 aliphatic heterocycles. The van der Waals surface area contributed by atoms with Gasteiger partial charge in [-0.05, 0) is 50.9 Å².